The number of hydrogen-bond acceptors (Lipinski definition) is 3. The molecule has 0 spiro atoms. The standard InChI is InChI=1S/C14H15NO2/c1-2-3-4-8-14(16)17-13-7-5-6-12-11(13)9-10-15-12/h5-7,15H,2-3,9-10H2,1H3. The second-order valence-corrected chi connectivity index (χ2v) is 3.90. The van der Waals surface area contributed by atoms with Gasteiger partial charge in [0.1, 0.15) is 5.75 Å². The number of carbonyl (C=O) groups is 1. The quantitative estimate of drug-likeness (QED) is 0.366. The molecule has 1 aliphatic rings. The fourth-order valence-corrected chi connectivity index (χ4v) is 1.79. The van der Waals surface area contributed by atoms with Crippen LogP contribution in [0, 0.1) is 11.8 Å². The molecule has 3 heteroatoms. The maximum absolute atomic E-state index is 11.5. The van der Waals surface area contributed by atoms with Crippen LogP contribution in [0.5, 0.6) is 5.75 Å². The Morgan fingerprint density at radius 2 is 2.41 bits per heavy atom. The van der Waals surface area contributed by atoms with Gasteiger partial charge in [-0.1, -0.05) is 18.9 Å². The summed E-state index contributed by atoms with van der Waals surface area (Å²) in [5.41, 5.74) is 2.12. The number of anilines is 1. The van der Waals surface area contributed by atoms with Gasteiger partial charge in [0, 0.05) is 30.1 Å². The topological polar surface area (TPSA) is 38.3 Å². The van der Waals surface area contributed by atoms with Crippen LogP contribution in [0.4, 0.5) is 5.69 Å². The van der Waals surface area contributed by atoms with Gasteiger partial charge in [-0.3, -0.25) is 0 Å². The average Bonchev–Trinajstić information content (AvgIpc) is 2.78. The molecule has 88 valence electrons. The van der Waals surface area contributed by atoms with Crippen LogP contribution in [-0.4, -0.2) is 12.5 Å². The van der Waals surface area contributed by atoms with Gasteiger partial charge in [-0.25, -0.2) is 4.79 Å². The first-order valence-corrected chi connectivity index (χ1v) is 5.87. The van der Waals surface area contributed by atoms with Crippen LogP contribution in [0.25, 0.3) is 0 Å². The normalized spacial score (nSPS) is 12.1. The molecule has 0 amide bonds. The van der Waals surface area contributed by atoms with E-state index in [-0.39, 0.29) is 0 Å². The summed E-state index contributed by atoms with van der Waals surface area (Å²) in [6.45, 7) is 2.92. The van der Waals surface area contributed by atoms with Crippen molar-refractivity contribution in [1.82, 2.24) is 0 Å². The van der Waals surface area contributed by atoms with Crippen molar-refractivity contribution < 1.29 is 9.53 Å². The van der Waals surface area contributed by atoms with Crippen molar-refractivity contribution in [3.8, 4) is 17.6 Å². The van der Waals surface area contributed by atoms with Crippen molar-refractivity contribution in [1.29, 1.82) is 0 Å². The van der Waals surface area contributed by atoms with Gasteiger partial charge in [-0.05, 0) is 25.0 Å². The summed E-state index contributed by atoms with van der Waals surface area (Å²) in [6.07, 6.45) is 2.57. The maximum Gasteiger partial charge on any atom is 0.389 e. The SMILES string of the molecule is CCCC#CC(=O)Oc1cccc2c1CCN2. The Labute approximate surface area is 101 Å². The minimum absolute atomic E-state index is 0.473. The summed E-state index contributed by atoms with van der Waals surface area (Å²) >= 11 is 0. The van der Waals surface area contributed by atoms with Gasteiger partial charge < -0.3 is 10.1 Å². The van der Waals surface area contributed by atoms with E-state index in [0.717, 1.165) is 37.1 Å². The minimum atomic E-state index is -0.473. The lowest BCUT2D eigenvalue weighted by Gasteiger charge is -2.05. The van der Waals surface area contributed by atoms with Crippen LogP contribution < -0.4 is 10.1 Å². The Morgan fingerprint density at radius 1 is 1.53 bits per heavy atom. The molecule has 3 nitrogen and oxygen atoms in total. The molecule has 0 saturated carbocycles. The zero-order valence-corrected chi connectivity index (χ0v) is 9.88. The monoisotopic (exact) mass is 229 g/mol. The number of ether oxygens (including phenoxy) is 1. The number of nitrogens with one attached hydrogen (secondary N) is 1. The van der Waals surface area contributed by atoms with Gasteiger partial charge in [0.25, 0.3) is 0 Å². The van der Waals surface area contributed by atoms with Gasteiger partial charge >= 0.3 is 5.97 Å². The fourth-order valence-electron chi connectivity index (χ4n) is 1.79. The number of unbranched alkanes of at least 4 members (excludes halogenated alkanes) is 1. The first-order valence-electron chi connectivity index (χ1n) is 5.87. The molecular weight excluding hydrogens is 214 g/mol. The van der Waals surface area contributed by atoms with Gasteiger partial charge in [-0.2, -0.15) is 0 Å². The van der Waals surface area contributed by atoms with Gasteiger partial charge in [0.05, 0.1) is 0 Å². The number of fused-ring (bicyclic) bond motifs is 1. The highest BCUT2D eigenvalue weighted by molar-refractivity contribution is 5.90. The van der Waals surface area contributed by atoms with Crippen LogP contribution >= 0.6 is 0 Å². The molecule has 0 radical (unpaired) electrons. The Bertz CT molecular complexity index is 483. The zero-order valence-electron chi connectivity index (χ0n) is 9.88. The minimum Gasteiger partial charge on any atom is -0.417 e. The highest BCUT2D eigenvalue weighted by atomic mass is 16.5. The molecule has 0 atom stereocenters. The lowest BCUT2D eigenvalue weighted by molar-refractivity contribution is -0.128. The van der Waals surface area contributed by atoms with Gasteiger partial charge in [0.15, 0.2) is 0 Å². The third-order valence-corrected chi connectivity index (χ3v) is 2.59. The molecule has 1 heterocycles. The summed E-state index contributed by atoms with van der Waals surface area (Å²) in [7, 11) is 0. The molecule has 1 aromatic carbocycles. The zero-order chi connectivity index (χ0) is 12.1. The van der Waals surface area contributed by atoms with E-state index in [4.69, 9.17) is 4.74 Å². The van der Waals surface area contributed by atoms with Crippen LogP contribution in [0.3, 0.4) is 0 Å². The van der Waals surface area contributed by atoms with Crippen LogP contribution in [0.15, 0.2) is 18.2 Å². The van der Waals surface area contributed by atoms with Crippen LogP contribution in [0.2, 0.25) is 0 Å². The van der Waals surface area contributed by atoms with E-state index in [1.165, 1.54) is 0 Å². The highest BCUT2D eigenvalue weighted by Gasteiger charge is 2.16. The van der Waals surface area contributed by atoms with E-state index >= 15 is 0 Å². The second-order valence-electron chi connectivity index (χ2n) is 3.90. The molecule has 0 unspecified atom stereocenters. The van der Waals surface area contributed by atoms with Crippen LogP contribution in [0.1, 0.15) is 25.3 Å². The van der Waals surface area contributed by atoms with E-state index in [0.29, 0.717) is 5.75 Å². The molecule has 0 aliphatic carbocycles. The van der Waals surface area contributed by atoms with Gasteiger partial charge in [0.2, 0.25) is 0 Å². The number of benzene rings is 1. The lowest BCUT2D eigenvalue weighted by atomic mass is 10.1. The molecule has 1 aliphatic heterocycles. The largest absolute Gasteiger partial charge is 0.417 e. The number of esters is 1. The highest BCUT2D eigenvalue weighted by Crippen LogP contribution is 2.30. The van der Waals surface area contributed by atoms with E-state index in [1.54, 1.807) is 0 Å². The predicted octanol–water partition coefficient (Wildman–Crippen LogP) is 2.36. The van der Waals surface area contributed by atoms with Crippen LogP contribution in [-0.2, 0) is 11.2 Å². The smallest absolute Gasteiger partial charge is 0.389 e. The summed E-state index contributed by atoms with van der Waals surface area (Å²) in [4.78, 5) is 11.5. The predicted molar refractivity (Wildman–Crippen MR) is 67.0 cm³/mol. The molecule has 0 aromatic heterocycles. The van der Waals surface area contributed by atoms with Gasteiger partial charge in [-0.15, -0.1) is 0 Å². The fraction of sp³-hybridized carbons (Fsp3) is 0.357. The van der Waals surface area contributed by atoms with E-state index in [1.807, 2.05) is 25.1 Å². The van der Waals surface area contributed by atoms with E-state index < -0.39 is 5.97 Å². The Kier molecular flexibility index (Phi) is 3.66. The summed E-state index contributed by atoms with van der Waals surface area (Å²) in [5, 5.41) is 3.24. The molecule has 1 N–H and O–H groups in total. The van der Waals surface area contributed by atoms with E-state index in [9.17, 15) is 4.79 Å². The van der Waals surface area contributed by atoms with E-state index in [2.05, 4.69) is 17.2 Å². The van der Waals surface area contributed by atoms with Crippen molar-refractivity contribution in [2.75, 3.05) is 11.9 Å². The average molecular weight is 229 g/mol. The maximum atomic E-state index is 11.5. The third-order valence-electron chi connectivity index (χ3n) is 2.59. The number of rotatable bonds is 2. The molecule has 17 heavy (non-hydrogen) atoms. The first-order chi connectivity index (χ1) is 8.31. The van der Waals surface area contributed by atoms with Crippen molar-refractivity contribution in [3.63, 3.8) is 0 Å². The molecule has 0 saturated heterocycles. The first kappa shape index (κ1) is 11.5. The van der Waals surface area contributed by atoms with Crippen molar-refractivity contribution in [3.05, 3.63) is 23.8 Å². The number of hydrogen-bond donors (Lipinski definition) is 1. The molecule has 1 aromatic rings. The Hall–Kier alpha value is -1.95. The van der Waals surface area contributed by atoms with Crippen molar-refractivity contribution in [2.24, 2.45) is 0 Å². The number of carbonyl (C=O) groups excluding carboxylic acids is 1. The molecule has 0 fully saturated rings. The van der Waals surface area contributed by atoms with Crippen molar-refractivity contribution in [2.45, 2.75) is 26.2 Å². The Morgan fingerprint density at radius 3 is 3.24 bits per heavy atom. The van der Waals surface area contributed by atoms with Crippen molar-refractivity contribution >= 4 is 11.7 Å². The Balaban J connectivity index is 2.07. The third kappa shape index (κ3) is 2.79. The summed E-state index contributed by atoms with van der Waals surface area (Å²) in [5.74, 6) is 5.43. The summed E-state index contributed by atoms with van der Waals surface area (Å²) < 4.78 is 5.25. The molecule has 0 bridgehead atoms. The molecule has 2 rings (SSSR count). The summed E-state index contributed by atoms with van der Waals surface area (Å²) in [6, 6.07) is 5.67. The lowest BCUT2D eigenvalue weighted by Crippen LogP contribution is -2.06. The second kappa shape index (κ2) is 5.40. The molecular formula is C14H15NO2.